The molecule has 4 aromatic rings. The quantitative estimate of drug-likeness (QED) is 0.201. The topological polar surface area (TPSA) is 45.0 Å². The molecule has 37 heavy (non-hydrogen) atoms. The summed E-state index contributed by atoms with van der Waals surface area (Å²) in [6, 6.07) is 19.2. The zero-order chi connectivity index (χ0) is 26.3. The molecule has 1 aliphatic heterocycles. The summed E-state index contributed by atoms with van der Waals surface area (Å²) in [6.45, 7) is 18.6. The van der Waals surface area contributed by atoms with Crippen molar-refractivity contribution in [1.29, 1.82) is 5.26 Å². The molecule has 1 aliphatic rings. The van der Waals surface area contributed by atoms with E-state index in [1.807, 2.05) is 46.2 Å². The van der Waals surface area contributed by atoms with E-state index in [4.69, 9.17) is 17.9 Å². The normalized spacial score (nSPS) is 16.0. The highest BCUT2D eigenvalue weighted by Crippen LogP contribution is 2.43. The number of allylic oxidation sites excluding steroid dienone is 1. The summed E-state index contributed by atoms with van der Waals surface area (Å²) in [4.78, 5) is 11.2. The van der Waals surface area contributed by atoms with Crippen molar-refractivity contribution in [3.05, 3.63) is 105 Å². The number of rotatable bonds is 4. The van der Waals surface area contributed by atoms with E-state index in [1.165, 1.54) is 36.3 Å². The van der Waals surface area contributed by atoms with Crippen LogP contribution >= 0.6 is 22.7 Å². The number of fused-ring (bicyclic) bond motifs is 3. The van der Waals surface area contributed by atoms with E-state index in [0.717, 1.165) is 4.88 Å². The molecule has 0 saturated heterocycles. The molecule has 5 rings (SSSR count). The molecule has 5 nitrogen and oxygen atoms in total. The van der Waals surface area contributed by atoms with Crippen LogP contribution in [0.15, 0.2) is 77.3 Å². The van der Waals surface area contributed by atoms with Gasteiger partial charge in [-0.05, 0) is 60.5 Å². The maximum Gasteiger partial charge on any atom is 0.292 e. The number of hydrogen-bond donors (Lipinski definition) is 0. The Morgan fingerprint density at radius 3 is 2.30 bits per heavy atom. The van der Waals surface area contributed by atoms with Gasteiger partial charge in [0.1, 0.15) is 11.4 Å². The van der Waals surface area contributed by atoms with Gasteiger partial charge >= 0.3 is 0 Å². The Balaban J connectivity index is 1.54. The van der Waals surface area contributed by atoms with Gasteiger partial charge in [-0.25, -0.2) is 15.0 Å². The van der Waals surface area contributed by atoms with E-state index in [9.17, 15) is 5.26 Å². The predicted molar refractivity (Wildman–Crippen MR) is 154 cm³/mol. The average Bonchev–Trinajstić information content (AvgIpc) is 3.56. The lowest BCUT2D eigenvalue weighted by molar-refractivity contribution is 0.0952. The van der Waals surface area contributed by atoms with E-state index >= 15 is 0 Å². The smallest absolute Gasteiger partial charge is 0.292 e. The van der Waals surface area contributed by atoms with Crippen molar-refractivity contribution in [2.24, 2.45) is 0 Å². The van der Waals surface area contributed by atoms with Crippen LogP contribution in [0.3, 0.4) is 0 Å². The summed E-state index contributed by atoms with van der Waals surface area (Å²) < 4.78 is 8.39. The van der Waals surface area contributed by atoms with E-state index in [0.29, 0.717) is 5.57 Å². The van der Waals surface area contributed by atoms with E-state index in [-0.39, 0.29) is 17.2 Å². The van der Waals surface area contributed by atoms with Gasteiger partial charge in [0, 0.05) is 35.1 Å². The Kier molecular flexibility index (Phi) is 6.10. The molecule has 3 heterocycles. The van der Waals surface area contributed by atoms with Crippen LogP contribution in [-0.2, 0) is 4.74 Å². The summed E-state index contributed by atoms with van der Waals surface area (Å²) in [6.07, 6.45) is 3.87. The molecule has 0 atom stereocenters. The number of anilines is 1. The van der Waals surface area contributed by atoms with Crippen LogP contribution < -0.4 is 4.90 Å². The minimum Gasteiger partial charge on any atom is -0.505 e. The van der Waals surface area contributed by atoms with Gasteiger partial charge in [0.15, 0.2) is 0 Å². The van der Waals surface area contributed by atoms with Crippen molar-refractivity contribution in [1.82, 2.24) is 0 Å². The van der Waals surface area contributed by atoms with Gasteiger partial charge < -0.3 is 9.64 Å². The van der Waals surface area contributed by atoms with Gasteiger partial charge in [-0.2, -0.15) is 0 Å². The fraction of sp³-hybridized carbons (Fsp3) is 0.167. The Bertz CT molecular complexity index is 1760. The lowest BCUT2D eigenvalue weighted by atomic mass is 9.97. The molecule has 0 aliphatic carbocycles. The molecular weight excluding hydrogens is 496 g/mol. The lowest BCUT2D eigenvalue weighted by Crippen LogP contribution is -2.20. The third kappa shape index (κ3) is 4.28. The van der Waals surface area contributed by atoms with Gasteiger partial charge in [-0.1, -0.05) is 30.3 Å². The Morgan fingerprint density at radius 2 is 1.68 bits per heavy atom. The molecule has 7 heteroatoms. The average molecular weight is 519 g/mol. The summed E-state index contributed by atoms with van der Waals surface area (Å²) in [5.74, 6) is 0.0694. The number of nitrogens with zero attached hydrogens (tertiary/aromatic N) is 4. The highest BCUT2D eigenvalue weighted by Gasteiger charge is 2.38. The second-order valence-corrected chi connectivity index (χ2v) is 11.5. The molecule has 0 spiro atoms. The van der Waals surface area contributed by atoms with Crippen molar-refractivity contribution >= 4 is 54.6 Å². The summed E-state index contributed by atoms with van der Waals surface area (Å²) in [5.41, 5.74) is 2.26. The molecule has 0 saturated carbocycles. The second-order valence-electron chi connectivity index (χ2n) is 9.32. The fourth-order valence-electron chi connectivity index (χ4n) is 4.37. The number of benzene rings is 2. The number of nitriles is 1. The fourth-order valence-corrected chi connectivity index (χ4v) is 6.75. The summed E-state index contributed by atoms with van der Waals surface area (Å²) in [5, 5.41) is 11.7. The zero-order valence-electron chi connectivity index (χ0n) is 20.8. The van der Waals surface area contributed by atoms with Crippen molar-refractivity contribution in [3.63, 3.8) is 0 Å². The minimum absolute atomic E-state index is 0.0694. The van der Waals surface area contributed by atoms with Gasteiger partial charge in [0.05, 0.1) is 28.6 Å². The highest BCUT2D eigenvalue weighted by molar-refractivity contribution is 7.29. The predicted octanol–water partition coefficient (Wildman–Crippen LogP) is 8.50. The van der Waals surface area contributed by atoms with E-state index < -0.39 is 5.60 Å². The first-order valence-corrected chi connectivity index (χ1v) is 13.1. The Morgan fingerprint density at radius 1 is 1.00 bits per heavy atom. The molecule has 0 fully saturated rings. The third-order valence-electron chi connectivity index (χ3n) is 6.29. The number of ether oxygens (including phenoxy) is 1. The molecule has 0 N–H and O–H groups in total. The van der Waals surface area contributed by atoms with Gasteiger partial charge in [0.25, 0.3) is 5.70 Å². The number of hydrogen-bond acceptors (Lipinski definition) is 5. The highest BCUT2D eigenvalue weighted by atomic mass is 32.1. The lowest BCUT2D eigenvalue weighted by Gasteiger charge is -2.21. The van der Waals surface area contributed by atoms with Crippen molar-refractivity contribution in [2.45, 2.75) is 19.4 Å². The molecule has 2 aromatic carbocycles. The summed E-state index contributed by atoms with van der Waals surface area (Å²) in [7, 11) is 4.08. The maximum atomic E-state index is 9.30. The third-order valence-corrected chi connectivity index (χ3v) is 8.77. The minimum atomic E-state index is -0.812. The Labute approximate surface area is 224 Å². The number of thiophene rings is 2. The van der Waals surface area contributed by atoms with Crippen LogP contribution in [0.2, 0.25) is 0 Å². The van der Waals surface area contributed by atoms with Crippen LogP contribution in [0.25, 0.3) is 46.4 Å². The first kappa shape index (κ1) is 24.3. The van der Waals surface area contributed by atoms with Crippen LogP contribution in [-0.4, -0.2) is 19.7 Å². The molecule has 0 unspecified atom stereocenters. The molecule has 2 aromatic heterocycles. The first-order valence-electron chi connectivity index (χ1n) is 11.5. The summed E-state index contributed by atoms with van der Waals surface area (Å²) >= 11 is 3.52. The van der Waals surface area contributed by atoms with Crippen LogP contribution in [0.1, 0.15) is 18.7 Å². The van der Waals surface area contributed by atoms with Crippen molar-refractivity contribution in [2.75, 3.05) is 19.0 Å². The molecule has 0 radical (unpaired) electrons. The van der Waals surface area contributed by atoms with E-state index in [1.54, 1.807) is 22.7 Å². The van der Waals surface area contributed by atoms with Gasteiger partial charge in [-0.3, -0.25) is 0 Å². The first-order chi connectivity index (χ1) is 17.7. The maximum absolute atomic E-state index is 9.30. The van der Waals surface area contributed by atoms with Crippen LogP contribution in [0, 0.1) is 24.5 Å². The molecule has 0 bridgehead atoms. The SMILES string of the molecule is [C-]#[N+]C1=C(/C=C/c2cc3ccc4cc(-c5ccc(N(C)C)cc5)sc4c3s2)C(C)(C)O/C1=C(\C#N)[N+]#[C-]. The van der Waals surface area contributed by atoms with Crippen LogP contribution in [0.5, 0.6) is 0 Å². The van der Waals surface area contributed by atoms with Crippen LogP contribution in [0.4, 0.5) is 5.69 Å². The van der Waals surface area contributed by atoms with Gasteiger partial charge in [0.2, 0.25) is 5.70 Å². The molecule has 0 amide bonds. The van der Waals surface area contributed by atoms with E-state index in [2.05, 4.69) is 63.1 Å². The van der Waals surface area contributed by atoms with Crippen molar-refractivity contribution in [3.8, 4) is 16.5 Å². The molecule has 180 valence electrons. The molecular formula is C30H22N4OS2. The Hall–Kier alpha value is -4.35. The zero-order valence-corrected chi connectivity index (χ0v) is 22.4. The van der Waals surface area contributed by atoms with Crippen molar-refractivity contribution < 1.29 is 4.74 Å². The monoisotopic (exact) mass is 518 g/mol. The standard InChI is InChI=1S/C30H22N4OS2/c1-30(2)23(26(33-4)27(35-30)24(17-31)32-3)14-13-22-15-19-7-8-20-16-25(37-29(20)28(19)36-22)18-9-11-21(12-10-18)34(5)6/h7-16H,1-2,5-6H3/b14-13+,27-24+. The second kappa shape index (κ2) is 9.26. The van der Waals surface area contributed by atoms with Gasteiger partial charge in [-0.15, -0.1) is 22.7 Å². The largest absolute Gasteiger partial charge is 0.505 e.